The smallest absolute Gasteiger partial charge is 0.335 e. The Bertz CT molecular complexity index is 1280. The molecular formula is C29H36ClN3O3. The molecule has 0 radical (unpaired) electrons. The number of hydrogen-bond acceptors (Lipinski definition) is 4. The fourth-order valence-corrected chi connectivity index (χ4v) is 4.69. The molecule has 0 fully saturated rings. The third-order valence-corrected chi connectivity index (χ3v) is 6.44. The van der Waals surface area contributed by atoms with Crippen LogP contribution in [0.5, 0.6) is 0 Å². The van der Waals surface area contributed by atoms with E-state index in [4.69, 9.17) is 10.7 Å². The normalized spacial score (nSPS) is 10.8. The summed E-state index contributed by atoms with van der Waals surface area (Å²) in [4.78, 5) is 32.1. The Morgan fingerprint density at radius 1 is 1.03 bits per heavy atom. The quantitative estimate of drug-likeness (QED) is 0.405. The van der Waals surface area contributed by atoms with E-state index in [2.05, 4.69) is 13.8 Å². The lowest BCUT2D eigenvalue weighted by molar-refractivity contribution is 0.0696. The molecule has 192 valence electrons. The van der Waals surface area contributed by atoms with Crippen molar-refractivity contribution in [1.29, 1.82) is 0 Å². The van der Waals surface area contributed by atoms with Crippen molar-refractivity contribution >= 4 is 30.0 Å². The molecule has 0 aliphatic heterocycles. The molecule has 1 aromatic heterocycles. The van der Waals surface area contributed by atoms with Gasteiger partial charge in [0.2, 0.25) is 0 Å². The molecule has 0 spiro atoms. The zero-order valence-corrected chi connectivity index (χ0v) is 22.9. The number of aromatic carboxylic acids is 1. The number of amides is 1. The van der Waals surface area contributed by atoms with Gasteiger partial charge in [-0.1, -0.05) is 49.7 Å². The second kappa shape index (κ2) is 11.7. The monoisotopic (exact) mass is 509 g/mol. The molecule has 0 atom stereocenters. The minimum atomic E-state index is -1.05. The molecule has 0 unspecified atom stereocenters. The Hall–Kier alpha value is -3.22. The predicted octanol–water partition coefficient (Wildman–Crippen LogP) is 6.04. The largest absolute Gasteiger partial charge is 0.478 e. The van der Waals surface area contributed by atoms with E-state index in [0.29, 0.717) is 29.3 Å². The number of rotatable bonds is 7. The Morgan fingerprint density at radius 2 is 1.64 bits per heavy atom. The summed E-state index contributed by atoms with van der Waals surface area (Å²) in [7, 11) is 1.72. The minimum Gasteiger partial charge on any atom is -0.478 e. The molecule has 3 aromatic rings. The zero-order chi connectivity index (χ0) is 26.0. The van der Waals surface area contributed by atoms with Crippen LogP contribution in [-0.4, -0.2) is 29.0 Å². The number of nitrogens with two attached hydrogens (primary N) is 1. The highest BCUT2D eigenvalue weighted by Gasteiger charge is 2.27. The average Bonchev–Trinajstić information content (AvgIpc) is 2.78. The first-order chi connectivity index (χ1) is 16.5. The van der Waals surface area contributed by atoms with Gasteiger partial charge in [0.25, 0.3) is 5.91 Å². The fourth-order valence-electron chi connectivity index (χ4n) is 4.69. The molecule has 0 aliphatic rings. The summed E-state index contributed by atoms with van der Waals surface area (Å²) in [6, 6.07) is 11.4. The number of aromatic nitrogens is 1. The van der Waals surface area contributed by atoms with Gasteiger partial charge < -0.3 is 15.7 Å². The number of anilines is 1. The fraction of sp³-hybridized carbons (Fsp3) is 0.345. The standard InChI is InChI=1S/C29H35N3O3.ClH/c1-16(2)14-24-23(15-30)26(21-11-8-17(3)9-12-21)27(20(6)31-24)32(7)28(33)25-18(4)10-13-22(19(25)5)29(34)35;/h8-13,16H,14-15,30H2,1-7H3,(H,34,35);1H. The number of pyridine rings is 1. The maximum Gasteiger partial charge on any atom is 0.335 e. The van der Waals surface area contributed by atoms with Gasteiger partial charge in [-0.3, -0.25) is 9.78 Å². The predicted molar refractivity (Wildman–Crippen MR) is 148 cm³/mol. The molecule has 3 N–H and O–H groups in total. The van der Waals surface area contributed by atoms with E-state index in [0.717, 1.165) is 45.6 Å². The van der Waals surface area contributed by atoms with Crippen LogP contribution in [0.15, 0.2) is 36.4 Å². The van der Waals surface area contributed by atoms with Crippen molar-refractivity contribution in [2.24, 2.45) is 11.7 Å². The van der Waals surface area contributed by atoms with E-state index >= 15 is 0 Å². The van der Waals surface area contributed by atoms with Crippen molar-refractivity contribution in [1.82, 2.24) is 4.98 Å². The van der Waals surface area contributed by atoms with Crippen LogP contribution in [0.1, 0.15) is 68.2 Å². The number of carboxylic acids is 1. The molecule has 6 nitrogen and oxygen atoms in total. The number of hydrogen-bond donors (Lipinski definition) is 2. The second-order valence-electron chi connectivity index (χ2n) is 9.61. The number of halogens is 1. The van der Waals surface area contributed by atoms with Crippen LogP contribution in [-0.2, 0) is 13.0 Å². The van der Waals surface area contributed by atoms with Gasteiger partial charge in [-0.15, -0.1) is 12.4 Å². The van der Waals surface area contributed by atoms with Gasteiger partial charge in [-0.05, 0) is 68.4 Å². The first-order valence-corrected chi connectivity index (χ1v) is 11.9. The van der Waals surface area contributed by atoms with Gasteiger partial charge in [0.15, 0.2) is 0 Å². The summed E-state index contributed by atoms with van der Waals surface area (Å²) < 4.78 is 0. The highest BCUT2D eigenvalue weighted by molar-refractivity contribution is 6.11. The first kappa shape index (κ1) is 29.0. The molecule has 1 amide bonds. The molecule has 36 heavy (non-hydrogen) atoms. The number of carboxylic acid groups (broad SMARTS) is 1. The topological polar surface area (TPSA) is 96.5 Å². The molecule has 0 saturated heterocycles. The van der Waals surface area contributed by atoms with Gasteiger partial charge in [0, 0.05) is 30.4 Å². The van der Waals surface area contributed by atoms with E-state index in [9.17, 15) is 14.7 Å². The summed E-state index contributed by atoms with van der Waals surface area (Å²) in [5.74, 6) is -0.936. The SMILES string of the molecule is Cc1ccc(-c2c(CN)c(CC(C)C)nc(C)c2N(C)C(=O)c2c(C)ccc(C(=O)O)c2C)cc1.Cl. The maximum atomic E-state index is 13.9. The molecular weight excluding hydrogens is 474 g/mol. The molecule has 1 heterocycles. The average molecular weight is 510 g/mol. The summed E-state index contributed by atoms with van der Waals surface area (Å²) in [5.41, 5.74) is 14.3. The Balaban J connectivity index is 0.00000456. The van der Waals surface area contributed by atoms with Crippen LogP contribution >= 0.6 is 12.4 Å². The lowest BCUT2D eigenvalue weighted by atomic mass is 9.91. The van der Waals surface area contributed by atoms with E-state index in [1.165, 1.54) is 0 Å². The maximum absolute atomic E-state index is 13.9. The van der Waals surface area contributed by atoms with Gasteiger partial charge in [0.1, 0.15) is 0 Å². The number of carbonyl (C=O) groups excluding carboxylic acids is 1. The van der Waals surface area contributed by atoms with Crippen molar-refractivity contribution in [2.45, 2.75) is 54.5 Å². The van der Waals surface area contributed by atoms with E-state index in [1.54, 1.807) is 31.0 Å². The number of aryl methyl sites for hydroxylation is 3. The molecule has 7 heteroatoms. The van der Waals surface area contributed by atoms with Gasteiger partial charge in [0.05, 0.1) is 16.9 Å². The van der Waals surface area contributed by atoms with E-state index < -0.39 is 5.97 Å². The number of nitrogens with zero attached hydrogens (tertiary/aromatic N) is 2. The van der Waals surface area contributed by atoms with Crippen LogP contribution in [0.25, 0.3) is 11.1 Å². The summed E-state index contributed by atoms with van der Waals surface area (Å²) in [5, 5.41) is 9.60. The van der Waals surface area contributed by atoms with Gasteiger partial charge in [-0.2, -0.15) is 0 Å². The second-order valence-corrected chi connectivity index (χ2v) is 9.61. The Morgan fingerprint density at radius 3 is 2.17 bits per heavy atom. The van der Waals surface area contributed by atoms with Crippen LogP contribution in [0, 0.1) is 33.6 Å². The lowest BCUT2D eigenvalue weighted by Crippen LogP contribution is -2.30. The number of carbonyl (C=O) groups is 2. The molecule has 2 aromatic carbocycles. The third kappa shape index (κ3) is 5.61. The third-order valence-electron chi connectivity index (χ3n) is 6.44. The van der Waals surface area contributed by atoms with Crippen LogP contribution in [0.2, 0.25) is 0 Å². The summed E-state index contributed by atoms with van der Waals surface area (Å²) in [6.07, 6.45) is 0.781. The summed E-state index contributed by atoms with van der Waals surface area (Å²) in [6.45, 7) is 12.0. The zero-order valence-electron chi connectivity index (χ0n) is 22.1. The van der Waals surface area contributed by atoms with Crippen molar-refractivity contribution in [2.75, 3.05) is 11.9 Å². The van der Waals surface area contributed by atoms with Crippen molar-refractivity contribution in [3.8, 4) is 11.1 Å². The van der Waals surface area contributed by atoms with Gasteiger partial charge >= 0.3 is 5.97 Å². The van der Waals surface area contributed by atoms with Crippen molar-refractivity contribution in [3.63, 3.8) is 0 Å². The first-order valence-electron chi connectivity index (χ1n) is 11.9. The van der Waals surface area contributed by atoms with E-state index in [-0.39, 0.29) is 23.9 Å². The molecule has 0 aliphatic carbocycles. The highest BCUT2D eigenvalue weighted by Crippen LogP contribution is 2.39. The minimum absolute atomic E-state index is 0. The highest BCUT2D eigenvalue weighted by atomic mass is 35.5. The Kier molecular flexibility index (Phi) is 9.41. The van der Waals surface area contributed by atoms with Crippen LogP contribution < -0.4 is 10.6 Å². The van der Waals surface area contributed by atoms with Crippen molar-refractivity contribution in [3.05, 3.63) is 81.2 Å². The van der Waals surface area contributed by atoms with Gasteiger partial charge in [-0.25, -0.2) is 4.79 Å². The summed E-state index contributed by atoms with van der Waals surface area (Å²) >= 11 is 0. The lowest BCUT2D eigenvalue weighted by Gasteiger charge is -2.28. The molecule has 0 bridgehead atoms. The molecule has 0 saturated carbocycles. The van der Waals surface area contributed by atoms with Crippen LogP contribution in [0.3, 0.4) is 0 Å². The Labute approximate surface area is 220 Å². The van der Waals surface area contributed by atoms with Crippen LogP contribution in [0.4, 0.5) is 5.69 Å². The van der Waals surface area contributed by atoms with E-state index in [1.807, 2.05) is 45.0 Å². The number of benzene rings is 2. The molecule has 3 rings (SSSR count). The van der Waals surface area contributed by atoms with Crippen molar-refractivity contribution < 1.29 is 14.7 Å².